The van der Waals surface area contributed by atoms with Gasteiger partial charge < -0.3 is 19.5 Å². The van der Waals surface area contributed by atoms with Crippen LogP contribution in [0.15, 0.2) is 42.5 Å². The average molecular weight is 411 g/mol. The van der Waals surface area contributed by atoms with E-state index in [1.807, 2.05) is 37.3 Å². The van der Waals surface area contributed by atoms with E-state index in [0.29, 0.717) is 23.6 Å². The molecule has 0 unspecified atom stereocenters. The van der Waals surface area contributed by atoms with Gasteiger partial charge in [-0.15, -0.1) is 0 Å². The van der Waals surface area contributed by atoms with E-state index in [0.717, 1.165) is 44.0 Å². The summed E-state index contributed by atoms with van der Waals surface area (Å²) in [5.74, 6) is 0.997. The third-order valence-corrected chi connectivity index (χ3v) is 5.17. The van der Waals surface area contributed by atoms with Crippen LogP contribution in [0.4, 0.5) is 0 Å². The molecule has 1 aliphatic heterocycles. The molecule has 160 valence electrons. The zero-order chi connectivity index (χ0) is 21.3. The molecule has 0 bridgehead atoms. The van der Waals surface area contributed by atoms with Gasteiger partial charge >= 0.3 is 0 Å². The number of hydrogen-bond donors (Lipinski definition) is 1. The van der Waals surface area contributed by atoms with E-state index < -0.39 is 0 Å². The van der Waals surface area contributed by atoms with Gasteiger partial charge in [-0.1, -0.05) is 36.4 Å². The first-order chi connectivity index (χ1) is 14.7. The molecule has 30 heavy (non-hydrogen) atoms. The summed E-state index contributed by atoms with van der Waals surface area (Å²) in [7, 11) is 3.16. The van der Waals surface area contributed by atoms with E-state index in [1.54, 1.807) is 20.3 Å². The van der Waals surface area contributed by atoms with Crippen molar-refractivity contribution in [1.29, 1.82) is 0 Å². The quantitative estimate of drug-likeness (QED) is 0.722. The second kappa shape index (κ2) is 10.8. The summed E-state index contributed by atoms with van der Waals surface area (Å²) in [6.45, 7) is 6.65. The van der Waals surface area contributed by atoms with Crippen LogP contribution in [0.2, 0.25) is 0 Å². The predicted octanol–water partition coefficient (Wildman–Crippen LogP) is 3.50. The fourth-order valence-corrected chi connectivity index (χ4v) is 3.59. The number of nitrogens with one attached hydrogen (secondary N) is 1. The summed E-state index contributed by atoms with van der Waals surface area (Å²) in [5, 5.41) is 3.05. The lowest BCUT2D eigenvalue weighted by atomic mass is 10.1. The zero-order valence-corrected chi connectivity index (χ0v) is 17.9. The van der Waals surface area contributed by atoms with Gasteiger partial charge in [0.05, 0.1) is 27.4 Å². The van der Waals surface area contributed by atoms with Gasteiger partial charge in [0, 0.05) is 37.3 Å². The Morgan fingerprint density at radius 3 is 2.53 bits per heavy atom. The van der Waals surface area contributed by atoms with Gasteiger partial charge in [-0.25, -0.2) is 0 Å². The van der Waals surface area contributed by atoms with Gasteiger partial charge in [-0.2, -0.15) is 0 Å². The van der Waals surface area contributed by atoms with E-state index in [9.17, 15) is 4.79 Å². The minimum absolute atomic E-state index is 0.150. The van der Waals surface area contributed by atoms with Crippen LogP contribution in [0, 0.1) is 0 Å². The Hall–Kier alpha value is -2.83. The summed E-state index contributed by atoms with van der Waals surface area (Å²) in [5.41, 5.74) is 3.68. The van der Waals surface area contributed by atoms with Crippen LogP contribution in [-0.2, 0) is 17.8 Å². The highest BCUT2D eigenvalue weighted by atomic mass is 16.5. The Labute approximate surface area is 178 Å². The Bertz CT molecular complexity index is 889. The molecule has 6 nitrogen and oxygen atoms in total. The molecule has 1 amide bonds. The van der Waals surface area contributed by atoms with Crippen LogP contribution in [-0.4, -0.2) is 51.3 Å². The summed E-state index contributed by atoms with van der Waals surface area (Å²) in [6.07, 6.45) is 3.80. The lowest BCUT2D eigenvalue weighted by Crippen LogP contribution is -2.36. The fraction of sp³-hybridized carbons (Fsp3) is 0.375. The SMILES string of the molecule is C/C=C\c1cc(C(=O)NCc2ccccc2CN2CCOCC2)cc(OC)c1OC. The zero-order valence-electron chi connectivity index (χ0n) is 17.9. The average Bonchev–Trinajstić information content (AvgIpc) is 2.78. The van der Waals surface area contributed by atoms with E-state index in [2.05, 4.69) is 22.3 Å². The molecule has 1 aliphatic rings. The van der Waals surface area contributed by atoms with Gasteiger partial charge in [0.15, 0.2) is 11.5 Å². The molecule has 0 saturated carbocycles. The number of rotatable bonds is 8. The van der Waals surface area contributed by atoms with Crippen molar-refractivity contribution in [2.75, 3.05) is 40.5 Å². The van der Waals surface area contributed by atoms with Crippen molar-refractivity contribution in [3.63, 3.8) is 0 Å². The summed E-state index contributed by atoms with van der Waals surface area (Å²) >= 11 is 0. The molecule has 0 aliphatic carbocycles. The molecule has 0 atom stereocenters. The summed E-state index contributed by atoms with van der Waals surface area (Å²) < 4.78 is 16.3. The third kappa shape index (κ3) is 5.40. The number of carbonyl (C=O) groups is 1. The van der Waals surface area contributed by atoms with Crippen LogP contribution in [0.25, 0.3) is 6.08 Å². The maximum Gasteiger partial charge on any atom is 0.251 e. The van der Waals surface area contributed by atoms with E-state index in [-0.39, 0.29) is 5.91 Å². The predicted molar refractivity (Wildman–Crippen MR) is 118 cm³/mol. The monoisotopic (exact) mass is 410 g/mol. The normalized spacial score (nSPS) is 14.6. The second-order valence-electron chi connectivity index (χ2n) is 7.14. The largest absolute Gasteiger partial charge is 0.493 e. The number of benzene rings is 2. The number of carbonyl (C=O) groups excluding carboxylic acids is 1. The number of ether oxygens (including phenoxy) is 3. The molecule has 6 heteroatoms. The van der Waals surface area contributed by atoms with Crippen LogP contribution in [0.1, 0.15) is 34.0 Å². The van der Waals surface area contributed by atoms with Crippen molar-refractivity contribution in [2.45, 2.75) is 20.0 Å². The first-order valence-electron chi connectivity index (χ1n) is 10.2. The molecule has 2 aromatic carbocycles. The third-order valence-electron chi connectivity index (χ3n) is 5.17. The van der Waals surface area contributed by atoms with Gasteiger partial charge in [0.25, 0.3) is 5.91 Å². The van der Waals surface area contributed by atoms with E-state index >= 15 is 0 Å². The highest BCUT2D eigenvalue weighted by Crippen LogP contribution is 2.33. The molecule has 2 aromatic rings. The molecule has 3 rings (SSSR count). The Morgan fingerprint density at radius 1 is 1.13 bits per heavy atom. The molecule has 0 spiro atoms. The number of nitrogens with zero attached hydrogens (tertiary/aromatic N) is 1. The van der Waals surface area contributed by atoms with Crippen LogP contribution in [0.3, 0.4) is 0 Å². The second-order valence-corrected chi connectivity index (χ2v) is 7.14. The smallest absolute Gasteiger partial charge is 0.251 e. The van der Waals surface area contributed by atoms with Crippen molar-refractivity contribution in [2.24, 2.45) is 0 Å². The number of methoxy groups -OCH3 is 2. The fourth-order valence-electron chi connectivity index (χ4n) is 3.59. The lowest BCUT2D eigenvalue weighted by Gasteiger charge is -2.27. The number of hydrogen-bond acceptors (Lipinski definition) is 5. The van der Waals surface area contributed by atoms with Gasteiger partial charge in [0.2, 0.25) is 0 Å². The highest BCUT2D eigenvalue weighted by molar-refractivity contribution is 5.96. The molecule has 1 saturated heterocycles. The molecular weight excluding hydrogens is 380 g/mol. The summed E-state index contributed by atoms with van der Waals surface area (Å²) in [6, 6.07) is 11.8. The van der Waals surface area contributed by atoms with Gasteiger partial charge in [-0.3, -0.25) is 9.69 Å². The molecular formula is C24H30N2O4. The summed E-state index contributed by atoms with van der Waals surface area (Å²) in [4.78, 5) is 15.3. The molecule has 1 heterocycles. The van der Waals surface area contributed by atoms with Crippen molar-refractivity contribution in [3.05, 3.63) is 64.7 Å². The highest BCUT2D eigenvalue weighted by Gasteiger charge is 2.16. The van der Waals surface area contributed by atoms with Gasteiger partial charge in [0.1, 0.15) is 0 Å². The molecule has 1 fully saturated rings. The van der Waals surface area contributed by atoms with Crippen molar-refractivity contribution >= 4 is 12.0 Å². The maximum absolute atomic E-state index is 12.9. The number of allylic oxidation sites excluding steroid dienone is 1. The van der Waals surface area contributed by atoms with Crippen molar-refractivity contribution in [3.8, 4) is 11.5 Å². The first kappa shape index (κ1) is 21.9. The Kier molecular flexibility index (Phi) is 7.88. The molecule has 1 N–H and O–H groups in total. The number of amides is 1. The number of morpholine rings is 1. The topological polar surface area (TPSA) is 60.0 Å². The first-order valence-corrected chi connectivity index (χ1v) is 10.2. The van der Waals surface area contributed by atoms with Gasteiger partial charge in [-0.05, 0) is 30.2 Å². The van der Waals surface area contributed by atoms with Crippen LogP contribution in [0.5, 0.6) is 11.5 Å². The van der Waals surface area contributed by atoms with E-state index in [1.165, 1.54) is 5.56 Å². The van der Waals surface area contributed by atoms with E-state index in [4.69, 9.17) is 14.2 Å². The molecule has 0 aromatic heterocycles. The van der Waals surface area contributed by atoms with Crippen molar-refractivity contribution in [1.82, 2.24) is 10.2 Å². The van der Waals surface area contributed by atoms with Crippen LogP contribution < -0.4 is 14.8 Å². The molecule has 0 radical (unpaired) electrons. The Morgan fingerprint density at radius 2 is 1.87 bits per heavy atom. The maximum atomic E-state index is 12.9. The van der Waals surface area contributed by atoms with Crippen LogP contribution >= 0.6 is 0 Å². The lowest BCUT2D eigenvalue weighted by molar-refractivity contribution is 0.0340. The Balaban J connectivity index is 1.73. The van der Waals surface area contributed by atoms with Crippen molar-refractivity contribution < 1.29 is 19.0 Å². The standard InChI is InChI=1S/C24H30N2O4/c1-4-7-18-14-21(15-22(28-2)23(18)29-3)24(27)25-16-19-8-5-6-9-20(19)17-26-10-12-30-13-11-26/h4-9,14-15H,10-13,16-17H2,1-3H3,(H,25,27)/b7-4-. The minimum Gasteiger partial charge on any atom is -0.493 e. The minimum atomic E-state index is -0.150.